The summed E-state index contributed by atoms with van der Waals surface area (Å²) in [6.07, 6.45) is 11.4. The number of hydrogen-bond acceptors (Lipinski definition) is 4. The lowest BCUT2D eigenvalue weighted by molar-refractivity contribution is 0.602. The van der Waals surface area contributed by atoms with Crippen LogP contribution in [0.2, 0.25) is 0 Å². The molecule has 25 heavy (non-hydrogen) atoms. The highest BCUT2D eigenvalue weighted by Crippen LogP contribution is 2.31. The van der Waals surface area contributed by atoms with Gasteiger partial charge in [0.25, 0.3) is 0 Å². The first kappa shape index (κ1) is 15.7. The van der Waals surface area contributed by atoms with E-state index >= 15 is 0 Å². The molecular weight excluding hydrogens is 310 g/mol. The quantitative estimate of drug-likeness (QED) is 0.707. The summed E-state index contributed by atoms with van der Waals surface area (Å²) in [5.41, 5.74) is 14.3. The summed E-state index contributed by atoms with van der Waals surface area (Å²) in [5.74, 6) is 0.556. The average molecular weight is 331 g/mol. The van der Waals surface area contributed by atoms with Crippen molar-refractivity contribution >= 4 is 10.9 Å². The monoisotopic (exact) mass is 331 g/mol. The SMILES string of the molecule is Cn1cc(-c2ccnc(C3(N)C=CC(C)(N)C=C3)n2)c2ccccc21. The highest BCUT2D eigenvalue weighted by Gasteiger charge is 2.30. The number of aromatic nitrogens is 3. The summed E-state index contributed by atoms with van der Waals surface area (Å²) in [5, 5.41) is 1.16. The van der Waals surface area contributed by atoms with Gasteiger partial charge in [0.05, 0.1) is 5.69 Å². The van der Waals surface area contributed by atoms with Gasteiger partial charge in [0.15, 0.2) is 5.82 Å². The molecule has 0 bridgehead atoms. The van der Waals surface area contributed by atoms with Crippen LogP contribution in [0.4, 0.5) is 0 Å². The molecule has 0 saturated heterocycles. The largest absolute Gasteiger partial charge is 0.350 e. The Kier molecular flexibility index (Phi) is 3.39. The van der Waals surface area contributed by atoms with Crippen LogP contribution in [0.1, 0.15) is 12.7 Å². The number of para-hydroxylation sites is 1. The standard InChI is InChI=1S/C20H21N5/c1-19(21)8-10-20(22,11-9-19)18-23-12-7-16(24-18)15-13-25(2)17-6-4-3-5-14(15)17/h3-13H,21-22H2,1-2H3. The second kappa shape index (κ2) is 5.37. The van der Waals surface area contributed by atoms with E-state index in [1.54, 1.807) is 6.20 Å². The van der Waals surface area contributed by atoms with E-state index in [9.17, 15) is 0 Å². The minimum atomic E-state index is -0.848. The highest BCUT2D eigenvalue weighted by molar-refractivity contribution is 5.95. The van der Waals surface area contributed by atoms with E-state index in [1.165, 1.54) is 0 Å². The molecule has 126 valence electrons. The fourth-order valence-electron chi connectivity index (χ4n) is 3.16. The van der Waals surface area contributed by atoms with E-state index < -0.39 is 11.1 Å². The molecule has 2 heterocycles. The van der Waals surface area contributed by atoms with Crippen molar-refractivity contribution in [2.75, 3.05) is 0 Å². The van der Waals surface area contributed by atoms with Crippen LogP contribution in [-0.4, -0.2) is 20.1 Å². The number of fused-ring (bicyclic) bond motifs is 1. The Morgan fingerprint density at radius 2 is 1.72 bits per heavy atom. The highest BCUT2D eigenvalue weighted by atomic mass is 15.0. The molecule has 2 aromatic heterocycles. The molecule has 3 aromatic rings. The molecule has 0 aliphatic heterocycles. The molecule has 4 rings (SSSR count). The number of aryl methyl sites for hydroxylation is 1. The van der Waals surface area contributed by atoms with E-state index in [2.05, 4.69) is 27.9 Å². The molecule has 0 unspecified atom stereocenters. The zero-order chi connectivity index (χ0) is 17.7. The van der Waals surface area contributed by atoms with Crippen molar-refractivity contribution in [1.29, 1.82) is 0 Å². The van der Waals surface area contributed by atoms with Crippen LogP contribution in [0.5, 0.6) is 0 Å². The van der Waals surface area contributed by atoms with Crippen LogP contribution >= 0.6 is 0 Å². The lowest BCUT2D eigenvalue weighted by atomic mass is 9.86. The van der Waals surface area contributed by atoms with Gasteiger partial charge in [-0.2, -0.15) is 0 Å². The molecule has 0 spiro atoms. The molecule has 4 N–H and O–H groups in total. The molecule has 1 aliphatic carbocycles. The molecule has 5 heteroatoms. The lowest BCUT2D eigenvalue weighted by Gasteiger charge is -2.28. The van der Waals surface area contributed by atoms with Gasteiger partial charge in [-0.1, -0.05) is 42.5 Å². The number of rotatable bonds is 2. The third kappa shape index (κ3) is 2.67. The molecule has 0 saturated carbocycles. The minimum Gasteiger partial charge on any atom is -0.350 e. The number of nitrogens with two attached hydrogens (primary N) is 2. The summed E-state index contributed by atoms with van der Waals surface area (Å²) < 4.78 is 2.10. The van der Waals surface area contributed by atoms with Crippen molar-refractivity contribution in [2.24, 2.45) is 18.5 Å². The Hall–Kier alpha value is -2.76. The third-order valence-electron chi connectivity index (χ3n) is 4.65. The van der Waals surface area contributed by atoms with Gasteiger partial charge < -0.3 is 16.0 Å². The van der Waals surface area contributed by atoms with Gasteiger partial charge in [0, 0.05) is 41.4 Å². The Morgan fingerprint density at radius 1 is 1.00 bits per heavy atom. The zero-order valence-electron chi connectivity index (χ0n) is 14.3. The van der Waals surface area contributed by atoms with Crippen molar-refractivity contribution in [3.05, 3.63) is 72.9 Å². The maximum absolute atomic E-state index is 6.51. The van der Waals surface area contributed by atoms with Gasteiger partial charge >= 0.3 is 0 Å². The van der Waals surface area contributed by atoms with E-state index in [0.717, 1.165) is 22.2 Å². The molecule has 5 nitrogen and oxygen atoms in total. The van der Waals surface area contributed by atoms with Gasteiger partial charge in [-0.15, -0.1) is 0 Å². The van der Waals surface area contributed by atoms with Crippen LogP contribution in [0.3, 0.4) is 0 Å². The topological polar surface area (TPSA) is 82.8 Å². The smallest absolute Gasteiger partial charge is 0.156 e. The normalized spacial score (nSPS) is 25.6. The van der Waals surface area contributed by atoms with Crippen molar-refractivity contribution < 1.29 is 0 Å². The Labute approximate surface area is 146 Å². The Morgan fingerprint density at radius 3 is 2.48 bits per heavy atom. The predicted octanol–water partition coefficient (Wildman–Crippen LogP) is 2.63. The molecule has 1 aromatic carbocycles. The fourth-order valence-corrected chi connectivity index (χ4v) is 3.16. The summed E-state index contributed by atoms with van der Waals surface area (Å²) in [6, 6.07) is 10.2. The van der Waals surface area contributed by atoms with E-state index in [1.807, 2.05) is 56.5 Å². The molecule has 0 fully saturated rings. The van der Waals surface area contributed by atoms with Crippen molar-refractivity contribution in [3.8, 4) is 11.3 Å². The molecule has 0 atom stereocenters. The zero-order valence-corrected chi connectivity index (χ0v) is 14.3. The van der Waals surface area contributed by atoms with Crippen LogP contribution in [-0.2, 0) is 12.6 Å². The van der Waals surface area contributed by atoms with Crippen LogP contribution in [0, 0.1) is 0 Å². The van der Waals surface area contributed by atoms with Crippen LogP contribution in [0.25, 0.3) is 22.2 Å². The maximum atomic E-state index is 6.51. The van der Waals surface area contributed by atoms with Crippen molar-refractivity contribution in [3.63, 3.8) is 0 Å². The molecular formula is C20H21N5. The predicted molar refractivity (Wildman–Crippen MR) is 101 cm³/mol. The Bertz CT molecular complexity index is 994. The fraction of sp³-hybridized carbons (Fsp3) is 0.200. The van der Waals surface area contributed by atoms with Gasteiger partial charge in [-0.05, 0) is 19.1 Å². The Balaban J connectivity index is 1.82. The first-order chi connectivity index (χ1) is 11.9. The summed E-state index contributed by atoms with van der Waals surface area (Å²) in [6.45, 7) is 1.92. The average Bonchev–Trinajstić information content (AvgIpc) is 2.95. The summed E-state index contributed by atoms with van der Waals surface area (Å²) >= 11 is 0. The van der Waals surface area contributed by atoms with E-state index in [0.29, 0.717) is 5.82 Å². The molecule has 0 radical (unpaired) electrons. The summed E-state index contributed by atoms with van der Waals surface area (Å²) in [7, 11) is 2.03. The maximum Gasteiger partial charge on any atom is 0.156 e. The van der Waals surface area contributed by atoms with Gasteiger partial charge in [-0.3, -0.25) is 0 Å². The lowest BCUT2D eigenvalue weighted by Crippen LogP contribution is -2.42. The van der Waals surface area contributed by atoms with Crippen molar-refractivity contribution in [2.45, 2.75) is 18.0 Å². The van der Waals surface area contributed by atoms with Gasteiger partial charge in [0.1, 0.15) is 5.54 Å². The summed E-state index contributed by atoms with van der Waals surface area (Å²) in [4.78, 5) is 9.17. The number of nitrogens with zero attached hydrogens (tertiary/aromatic N) is 3. The van der Waals surface area contributed by atoms with Crippen LogP contribution in [0.15, 0.2) is 67.0 Å². The molecule has 0 amide bonds. The number of benzene rings is 1. The van der Waals surface area contributed by atoms with E-state index in [4.69, 9.17) is 16.5 Å². The van der Waals surface area contributed by atoms with E-state index in [-0.39, 0.29) is 0 Å². The number of hydrogen-bond donors (Lipinski definition) is 2. The minimum absolute atomic E-state index is 0.490. The van der Waals surface area contributed by atoms with Crippen LogP contribution < -0.4 is 11.5 Å². The molecule has 1 aliphatic rings. The second-order valence-corrected chi connectivity index (χ2v) is 6.90. The third-order valence-corrected chi connectivity index (χ3v) is 4.65. The van der Waals surface area contributed by atoms with Gasteiger partial charge in [0.2, 0.25) is 0 Å². The first-order valence-electron chi connectivity index (χ1n) is 8.24. The van der Waals surface area contributed by atoms with Gasteiger partial charge in [-0.25, -0.2) is 9.97 Å². The van der Waals surface area contributed by atoms with Crippen molar-refractivity contribution in [1.82, 2.24) is 14.5 Å². The second-order valence-electron chi connectivity index (χ2n) is 6.90. The first-order valence-corrected chi connectivity index (χ1v) is 8.24.